The van der Waals surface area contributed by atoms with Crippen LogP contribution in [0, 0.1) is 0 Å². The predicted octanol–water partition coefficient (Wildman–Crippen LogP) is 1.73. The maximum Gasteiger partial charge on any atom is 0.308 e. The monoisotopic (exact) mass is 192 g/mol. The van der Waals surface area contributed by atoms with Gasteiger partial charge in [-0.1, -0.05) is 6.92 Å². The summed E-state index contributed by atoms with van der Waals surface area (Å²) in [6.45, 7) is 3.84. The van der Waals surface area contributed by atoms with Gasteiger partial charge in [0, 0.05) is 18.8 Å². The number of nitrogens with zero attached hydrogens (tertiary/aromatic N) is 2. The molecule has 1 aromatic heterocycles. The SMILES string of the molecule is CCc1ccnc(C2(C)OC=CO2)n1. The van der Waals surface area contributed by atoms with Crippen LogP contribution in [-0.2, 0) is 21.7 Å². The Bertz CT molecular complexity index is 355. The normalized spacial score (nSPS) is 17.6. The van der Waals surface area contributed by atoms with Crippen LogP contribution in [0.5, 0.6) is 0 Å². The Labute approximate surface area is 82.6 Å². The van der Waals surface area contributed by atoms with E-state index in [-0.39, 0.29) is 0 Å². The molecule has 1 aliphatic rings. The first kappa shape index (κ1) is 8.99. The molecule has 0 saturated carbocycles. The van der Waals surface area contributed by atoms with Crippen molar-refractivity contribution in [2.24, 2.45) is 0 Å². The van der Waals surface area contributed by atoms with Crippen molar-refractivity contribution in [2.45, 2.75) is 26.1 Å². The molecule has 0 aliphatic carbocycles. The quantitative estimate of drug-likeness (QED) is 0.715. The van der Waals surface area contributed by atoms with Gasteiger partial charge in [-0.15, -0.1) is 0 Å². The molecule has 1 aromatic rings. The Kier molecular flexibility index (Phi) is 2.11. The number of aromatic nitrogens is 2. The van der Waals surface area contributed by atoms with Crippen molar-refractivity contribution < 1.29 is 9.47 Å². The predicted molar refractivity (Wildman–Crippen MR) is 50.1 cm³/mol. The summed E-state index contributed by atoms with van der Waals surface area (Å²) < 4.78 is 10.6. The summed E-state index contributed by atoms with van der Waals surface area (Å²) in [6.07, 6.45) is 5.60. The van der Waals surface area contributed by atoms with Gasteiger partial charge in [-0.2, -0.15) is 0 Å². The summed E-state index contributed by atoms with van der Waals surface area (Å²) in [5.74, 6) is -0.299. The van der Waals surface area contributed by atoms with Crippen LogP contribution < -0.4 is 0 Å². The van der Waals surface area contributed by atoms with Crippen LogP contribution in [0.4, 0.5) is 0 Å². The van der Waals surface area contributed by atoms with E-state index in [0.29, 0.717) is 5.82 Å². The van der Waals surface area contributed by atoms with E-state index in [1.807, 2.05) is 13.0 Å². The van der Waals surface area contributed by atoms with Crippen molar-refractivity contribution in [1.29, 1.82) is 0 Å². The van der Waals surface area contributed by atoms with Crippen LogP contribution in [0.25, 0.3) is 0 Å². The van der Waals surface area contributed by atoms with Gasteiger partial charge in [-0.05, 0) is 12.5 Å². The van der Waals surface area contributed by atoms with Crippen LogP contribution in [0.2, 0.25) is 0 Å². The van der Waals surface area contributed by atoms with Gasteiger partial charge in [-0.25, -0.2) is 9.97 Å². The molecular formula is C10H12N2O2. The maximum absolute atomic E-state index is 5.30. The summed E-state index contributed by atoms with van der Waals surface area (Å²) in [4.78, 5) is 8.48. The molecule has 0 aromatic carbocycles. The topological polar surface area (TPSA) is 44.2 Å². The van der Waals surface area contributed by atoms with Crippen molar-refractivity contribution in [1.82, 2.24) is 9.97 Å². The van der Waals surface area contributed by atoms with E-state index < -0.39 is 5.79 Å². The number of hydrogen-bond acceptors (Lipinski definition) is 4. The highest BCUT2D eigenvalue weighted by Gasteiger charge is 2.35. The molecule has 4 nitrogen and oxygen atoms in total. The molecule has 0 radical (unpaired) electrons. The van der Waals surface area contributed by atoms with E-state index >= 15 is 0 Å². The van der Waals surface area contributed by atoms with E-state index in [9.17, 15) is 0 Å². The van der Waals surface area contributed by atoms with Crippen LogP contribution in [-0.4, -0.2) is 9.97 Å². The first-order valence-electron chi connectivity index (χ1n) is 4.57. The first-order chi connectivity index (χ1) is 6.74. The average molecular weight is 192 g/mol. The Balaban J connectivity index is 2.31. The second-order valence-electron chi connectivity index (χ2n) is 3.18. The zero-order valence-corrected chi connectivity index (χ0v) is 8.23. The highest BCUT2D eigenvalue weighted by molar-refractivity contribution is 5.07. The van der Waals surface area contributed by atoms with E-state index in [4.69, 9.17) is 9.47 Å². The van der Waals surface area contributed by atoms with Crippen LogP contribution in [0.15, 0.2) is 24.8 Å². The van der Waals surface area contributed by atoms with Crippen molar-refractivity contribution in [2.75, 3.05) is 0 Å². The largest absolute Gasteiger partial charge is 0.450 e. The third-order valence-corrected chi connectivity index (χ3v) is 2.12. The van der Waals surface area contributed by atoms with Crippen molar-refractivity contribution >= 4 is 0 Å². The van der Waals surface area contributed by atoms with Crippen molar-refractivity contribution in [3.8, 4) is 0 Å². The van der Waals surface area contributed by atoms with Crippen molar-refractivity contribution in [3.63, 3.8) is 0 Å². The summed E-state index contributed by atoms with van der Waals surface area (Å²) in [6, 6.07) is 1.88. The summed E-state index contributed by atoms with van der Waals surface area (Å²) in [5.41, 5.74) is 0.982. The van der Waals surface area contributed by atoms with Gasteiger partial charge >= 0.3 is 5.79 Å². The molecule has 2 heterocycles. The van der Waals surface area contributed by atoms with E-state index in [1.165, 1.54) is 12.5 Å². The Morgan fingerprint density at radius 1 is 1.36 bits per heavy atom. The third-order valence-electron chi connectivity index (χ3n) is 2.12. The molecule has 0 N–H and O–H groups in total. The van der Waals surface area contributed by atoms with Gasteiger partial charge in [0.25, 0.3) is 0 Å². The molecule has 0 fully saturated rings. The molecule has 0 unspecified atom stereocenters. The zero-order chi connectivity index (χ0) is 10.0. The fourth-order valence-electron chi connectivity index (χ4n) is 1.26. The molecule has 0 atom stereocenters. The van der Waals surface area contributed by atoms with Gasteiger partial charge < -0.3 is 9.47 Å². The first-order valence-corrected chi connectivity index (χ1v) is 4.57. The van der Waals surface area contributed by atoms with Gasteiger partial charge in [0.1, 0.15) is 12.5 Å². The summed E-state index contributed by atoms with van der Waals surface area (Å²) in [7, 11) is 0. The summed E-state index contributed by atoms with van der Waals surface area (Å²) in [5, 5.41) is 0. The summed E-state index contributed by atoms with van der Waals surface area (Å²) >= 11 is 0. The highest BCUT2D eigenvalue weighted by Crippen LogP contribution is 2.28. The lowest BCUT2D eigenvalue weighted by molar-refractivity contribution is -0.139. The average Bonchev–Trinajstić information content (AvgIpc) is 2.67. The Morgan fingerprint density at radius 3 is 2.71 bits per heavy atom. The molecule has 4 heteroatoms. The van der Waals surface area contributed by atoms with Gasteiger partial charge in [0.2, 0.25) is 5.82 Å². The molecule has 1 aliphatic heterocycles. The third kappa shape index (κ3) is 1.43. The van der Waals surface area contributed by atoms with E-state index in [1.54, 1.807) is 13.1 Å². The van der Waals surface area contributed by atoms with Gasteiger partial charge in [0.15, 0.2) is 0 Å². The standard InChI is InChI=1S/C10H12N2O2/c1-3-8-4-5-11-9(12-8)10(2)13-6-7-14-10/h4-7H,3H2,1-2H3. The van der Waals surface area contributed by atoms with Gasteiger partial charge in [-0.3, -0.25) is 0 Å². The highest BCUT2D eigenvalue weighted by atomic mass is 16.7. The maximum atomic E-state index is 5.30. The number of aryl methyl sites for hydroxylation is 1. The van der Waals surface area contributed by atoms with Crippen molar-refractivity contribution in [3.05, 3.63) is 36.3 Å². The van der Waals surface area contributed by atoms with E-state index in [0.717, 1.165) is 12.1 Å². The van der Waals surface area contributed by atoms with Gasteiger partial charge in [0.05, 0.1) is 0 Å². The number of rotatable bonds is 2. The fraction of sp³-hybridized carbons (Fsp3) is 0.400. The molecule has 0 saturated heterocycles. The Morgan fingerprint density at radius 2 is 2.07 bits per heavy atom. The Hall–Kier alpha value is -1.58. The molecule has 74 valence electrons. The van der Waals surface area contributed by atoms with Crippen LogP contribution in [0.3, 0.4) is 0 Å². The minimum Gasteiger partial charge on any atom is -0.450 e. The second kappa shape index (κ2) is 3.29. The second-order valence-corrected chi connectivity index (χ2v) is 3.18. The zero-order valence-electron chi connectivity index (χ0n) is 8.23. The number of hydrogen-bond donors (Lipinski definition) is 0. The van der Waals surface area contributed by atoms with Crippen LogP contribution >= 0.6 is 0 Å². The van der Waals surface area contributed by atoms with E-state index in [2.05, 4.69) is 9.97 Å². The minimum atomic E-state index is -0.856. The molecular weight excluding hydrogens is 180 g/mol. The minimum absolute atomic E-state index is 0.557. The molecule has 0 bridgehead atoms. The molecule has 2 rings (SSSR count). The van der Waals surface area contributed by atoms with Crippen LogP contribution in [0.1, 0.15) is 25.4 Å². The smallest absolute Gasteiger partial charge is 0.308 e. The molecule has 14 heavy (non-hydrogen) atoms. The lowest BCUT2D eigenvalue weighted by atomic mass is 10.2. The lowest BCUT2D eigenvalue weighted by Crippen LogP contribution is -2.25. The fourth-order valence-corrected chi connectivity index (χ4v) is 1.26. The lowest BCUT2D eigenvalue weighted by Gasteiger charge is -2.20. The molecule has 0 amide bonds. The molecule has 0 spiro atoms. The number of ether oxygens (including phenoxy) is 2.